The number of fused-ring (bicyclic) bond motifs is 3. The normalized spacial score (nSPS) is 19.6. The van der Waals surface area contributed by atoms with Crippen molar-refractivity contribution in [3.63, 3.8) is 0 Å². The van der Waals surface area contributed by atoms with Crippen molar-refractivity contribution in [1.82, 2.24) is 29.9 Å². The molecular weight excluding hydrogens is 470 g/mol. The second-order valence-corrected chi connectivity index (χ2v) is 9.59. The molecule has 1 aromatic carbocycles. The molecule has 11 heteroatoms. The fourth-order valence-electron chi connectivity index (χ4n) is 5.26. The van der Waals surface area contributed by atoms with Crippen LogP contribution in [0.1, 0.15) is 32.9 Å². The number of piperazine rings is 1. The number of hydrogen-bond donors (Lipinski definition) is 3. The van der Waals surface area contributed by atoms with Gasteiger partial charge in [-0.3, -0.25) is 10.7 Å². The Bertz CT molecular complexity index is 1330. The largest absolute Gasteiger partial charge is 0.462 e. The minimum atomic E-state index is -0.529. The van der Waals surface area contributed by atoms with Crippen LogP contribution in [0, 0.1) is 0 Å². The number of esters is 1. The van der Waals surface area contributed by atoms with Crippen molar-refractivity contribution in [2.24, 2.45) is 5.84 Å². The molecule has 0 unspecified atom stereocenters. The molecule has 0 aliphatic carbocycles. The smallest absolute Gasteiger partial charge is 0.337 e. The van der Waals surface area contributed by atoms with E-state index in [9.17, 15) is 4.79 Å². The summed E-state index contributed by atoms with van der Waals surface area (Å²) in [6.07, 6.45) is 5.77. The summed E-state index contributed by atoms with van der Waals surface area (Å²) >= 11 is 0. The first kappa shape index (κ1) is 24.7. The lowest BCUT2D eigenvalue weighted by atomic mass is 10.2. The van der Waals surface area contributed by atoms with Gasteiger partial charge in [-0.25, -0.2) is 19.3 Å². The molecule has 194 valence electrons. The standard InChI is InChI=1S/C26H33N9O2/c1-5-37-26(36)17(4)10-22(32-27)23-12-28-24(25-29-15-30-35(23)25)31-18-6-8-19(9-7-18)34-14-20-11-21(34)13-33(20)16(2)3/h6-10,12,15-16,20-21,32H,4-5,11,13-14,27H2,1-3H3,(H,28,31)/b22-10-/t20-,21-/m0/s1. The number of benzene rings is 1. The van der Waals surface area contributed by atoms with Crippen LogP contribution in [0.4, 0.5) is 17.2 Å². The highest BCUT2D eigenvalue weighted by atomic mass is 16.5. The first-order valence-electron chi connectivity index (χ1n) is 12.5. The minimum Gasteiger partial charge on any atom is -0.462 e. The number of anilines is 3. The highest BCUT2D eigenvalue weighted by Crippen LogP contribution is 2.36. The number of nitrogens with two attached hydrogens (primary N) is 1. The number of nitrogens with zero attached hydrogens (tertiary/aromatic N) is 6. The zero-order valence-electron chi connectivity index (χ0n) is 21.4. The molecule has 0 amide bonds. The summed E-state index contributed by atoms with van der Waals surface area (Å²) in [7, 11) is 0. The van der Waals surface area contributed by atoms with Crippen LogP contribution in [0.3, 0.4) is 0 Å². The van der Waals surface area contributed by atoms with Gasteiger partial charge in [-0.05, 0) is 57.5 Å². The van der Waals surface area contributed by atoms with E-state index in [1.165, 1.54) is 24.5 Å². The van der Waals surface area contributed by atoms with Gasteiger partial charge in [-0.1, -0.05) is 6.58 Å². The van der Waals surface area contributed by atoms with Gasteiger partial charge in [0.2, 0.25) is 0 Å². The van der Waals surface area contributed by atoms with Crippen LogP contribution in [0.25, 0.3) is 11.3 Å². The van der Waals surface area contributed by atoms with E-state index in [1.807, 2.05) is 0 Å². The van der Waals surface area contributed by atoms with Gasteiger partial charge in [0.05, 0.1) is 24.1 Å². The molecule has 0 saturated carbocycles. The molecule has 2 aromatic heterocycles. The van der Waals surface area contributed by atoms with Crippen molar-refractivity contribution in [3.8, 4) is 0 Å². The van der Waals surface area contributed by atoms with Crippen LogP contribution in [0.5, 0.6) is 0 Å². The number of likely N-dealkylation sites (tertiary alicyclic amines) is 1. The average Bonchev–Trinajstić information content (AvgIpc) is 3.64. The topological polar surface area (TPSA) is 126 Å². The third-order valence-corrected chi connectivity index (χ3v) is 7.00. The van der Waals surface area contributed by atoms with E-state index in [0.29, 0.717) is 41.0 Å². The molecule has 11 nitrogen and oxygen atoms in total. The Labute approximate surface area is 216 Å². The fraction of sp³-hybridized carbons (Fsp3) is 0.385. The van der Waals surface area contributed by atoms with Crippen molar-refractivity contribution in [2.75, 3.05) is 29.9 Å². The monoisotopic (exact) mass is 503 g/mol. The molecule has 5 rings (SSSR count). The first-order chi connectivity index (χ1) is 17.9. The number of rotatable bonds is 9. The van der Waals surface area contributed by atoms with Crippen LogP contribution in [-0.2, 0) is 9.53 Å². The highest BCUT2D eigenvalue weighted by molar-refractivity contribution is 5.93. The maximum atomic E-state index is 12.0. The van der Waals surface area contributed by atoms with Crippen molar-refractivity contribution in [2.45, 2.75) is 45.3 Å². The maximum absolute atomic E-state index is 12.0. The van der Waals surface area contributed by atoms with Crippen LogP contribution >= 0.6 is 0 Å². The molecule has 2 saturated heterocycles. The van der Waals surface area contributed by atoms with E-state index >= 15 is 0 Å². The van der Waals surface area contributed by atoms with Crippen LogP contribution in [0.2, 0.25) is 0 Å². The van der Waals surface area contributed by atoms with Gasteiger partial charge >= 0.3 is 5.97 Å². The molecule has 37 heavy (non-hydrogen) atoms. The number of carbonyl (C=O) groups is 1. The summed E-state index contributed by atoms with van der Waals surface area (Å²) in [5.74, 6) is 5.75. The number of hydrazine groups is 1. The van der Waals surface area contributed by atoms with Crippen molar-refractivity contribution >= 4 is 34.5 Å². The molecule has 2 bridgehead atoms. The lowest BCUT2D eigenvalue weighted by Crippen LogP contribution is -2.48. The molecule has 3 aromatic rings. The Kier molecular flexibility index (Phi) is 6.81. The van der Waals surface area contributed by atoms with E-state index in [1.54, 1.807) is 17.6 Å². The van der Waals surface area contributed by atoms with E-state index < -0.39 is 5.97 Å². The number of aromatic nitrogens is 4. The number of carbonyl (C=O) groups excluding carboxylic acids is 1. The minimum absolute atomic E-state index is 0.147. The molecule has 0 spiro atoms. The Hall–Kier alpha value is -3.96. The van der Waals surface area contributed by atoms with Gasteiger partial charge in [0.1, 0.15) is 12.0 Å². The molecule has 4 N–H and O–H groups in total. The van der Waals surface area contributed by atoms with Gasteiger partial charge in [0, 0.05) is 42.6 Å². The van der Waals surface area contributed by atoms with Crippen molar-refractivity contribution < 1.29 is 9.53 Å². The predicted octanol–water partition coefficient (Wildman–Crippen LogP) is 2.46. The van der Waals surface area contributed by atoms with Gasteiger partial charge < -0.3 is 20.4 Å². The second-order valence-electron chi connectivity index (χ2n) is 9.59. The molecule has 2 aliphatic heterocycles. The van der Waals surface area contributed by atoms with Gasteiger partial charge in [0.25, 0.3) is 0 Å². The molecular formula is C26H33N9O2. The highest BCUT2D eigenvalue weighted by Gasteiger charge is 2.43. The summed E-state index contributed by atoms with van der Waals surface area (Å²) in [5, 5.41) is 7.66. The molecule has 2 aliphatic rings. The van der Waals surface area contributed by atoms with Gasteiger partial charge in [-0.15, -0.1) is 0 Å². The van der Waals surface area contributed by atoms with Crippen molar-refractivity contribution in [1.29, 1.82) is 0 Å². The molecule has 2 fully saturated rings. The summed E-state index contributed by atoms with van der Waals surface area (Å²) in [5.41, 5.74) is 6.29. The Balaban J connectivity index is 1.33. The van der Waals surface area contributed by atoms with Gasteiger partial charge in [-0.2, -0.15) is 5.10 Å². The zero-order chi connectivity index (χ0) is 26.1. The SMILES string of the molecule is C=C(/C=C(\NN)c1cnc(Nc2ccc(N3C[C@@H]4C[C@H]3CN4C(C)C)cc2)c2ncnn12)C(=O)OCC. The Morgan fingerprint density at radius 2 is 2.03 bits per heavy atom. The predicted molar refractivity (Wildman–Crippen MR) is 143 cm³/mol. The Morgan fingerprint density at radius 1 is 1.24 bits per heavy atom. The quantitative estimate of drug-likeness (QED) is 0.132. The van der Waals surface area contributed by atoms with Crippen LogP contribution in [0.15, 0.2) is 55.0 Å². The summed E-state index contributed by atoms with van der Waals surface area (Å²) < 4.78 is 6.59. The van der Waals surface area contributed by atoms with Gasteiger partial charge in [0.15, 0.2) is 11.5 Å². The number of ether oxygens (including phenoxy) is 1. The fourth-order valence-corrected chi connectivity index (χ4v) is 5.26. The van der Waals surface area contributed by atoms with Crippen LogP contribution in [-0.4, -0.2) is 68.3 Å². The maximum Gasteiger partial charge on any atom is 0.337 e. The summed E-state index contributed by atoms with van der Waals surface area (Å²) in [6.45, 7) is 12.5. The zero-order valence-corrected chi connectivity index (χ0v) is 21.4. The lowest BCUT2D eigenvalue weighted by molar-refractivity contribution is -0.138. The third kappa shape index (κ3) is 4.75. The van der Waals surface area contributed by atoms with E-state index in [2.05, 4.69) is 80.3 Å². The summed E-state index contributed by atoms with van der Waals surface area (Å²) in [4.78, 5) is 26.0. The Morgan fingerprint density at radius 3 is 2.68 bits per heavy atom. The lowest BCUT2D eigenvalue weighted by Gasteiger charge is -2.37. The van der Waals surface area contributed by atoms with E-state index in [-0.39, 0.29) is 12.2 Å². The molecule has 4 heterocycles. The summed E-state index contributed by atoms with van der Waals surface area (Å²) in [6, 6.07) is 10.2. The average molecular weight is 504 g/mol. The first-order valence-corrected chi connectivity index (χ1v) is 12.5. The number of hydrogen-bond acceptors (Lipinski definition) is 10. The van der Waals surface area contributed by atoms with E-state index in [0.717, 1.165) is 18.8 Å². The third-order valence-electron chi connectivity index (χ3n) is 7.00. The van der Waals surface area contributed by atoms with E-state index in [4.69, 9.17) is 10.6 Å². The number of nitrogens with one attached hydrogen (secondary N) is 2. The van der Waals surface area contributed by atoms with Crippen molar-refractivity contribution in [3.05, 3.63) is 60.7 Å². The second kappa shape index (κ2) is 10.2. The molecule has 0 radical (unpaired) electrons. The van der Waals surface area contributed by atoms with Crippen LogP contribution < -0.4 is 21.5 Å². The molecule has 2 atom stereocenters.